The predicted molar refractivity (Wildman–Crippen MR) is 150 cm³/mol. The van der Waals surface area contributed by atoms with E-state index in [2.05, 4.69) is 25.8 Å². The van der Waals surface area contributed by atoms with E-state index in [1.54, 1.807) is 46.1 Å². The van der Waals surface area contributed by atoms with E-state index in [1.165, 1.54) is 4.90 Å². The van der Waals surface area contributed by atoms with Crippen molar-refractivity contribution in [2.75, 3.05) is 18.6 Å². The number of carbonyl (C=O) groups excluding carboxylic acids is 3. The number of aliphatic hydroxyl groups excluding tert-OH is 1. The molecule has 1 amide bonds. The number of thiazole rings is 1. The summed E-state index contributed by atoms with van der Waals surface area (Å²) in [5.74, 6) is -1.91. The first-order chi connectivity index (χ1) is 18.4. The number of carbonyl (C=O) groups is 3. The van der Waals surface area contributed by atoms with Gasteiger partial charge in [0.2, 0.25) is 0 Å². The number of Topliss-reactive ketones (excluding diaryl/α,β-unsaturated/α-hetero) is 1. The summed E-state index contributed by atoms with van der Waals surface area (Å²) in [7, 11) is 1.54. The van der Waals surface area contributed by atoms with Crippen LogP contribution in [0.2, 0.25) is 0 Å². The van der Waals surface area contributed by atoms with Crippen molar-refractivity contribution in [2.24, 2.45) is 0 Å². The third-order valence-corrected chi connectivity index (χ3v) is 7.81. The third kappa shape index (κ3) is 5.18. The first-order valence-corrected chi connectivity index (χ1v) is 13.4. The van der Waals surface area contributed by atoms with Crippen LogP contribution in [-0.4, -0.2) is 41.5 Å². The molecule has 0 unspecified atom stereocenters. The van der Waals surface area contributed by atoms with Gasteiger partial charge in [0.15, 0.2) is 5.13 Å². The van der Waals surface area contributed by atoms with Crippen molar-refractivity contribution in [3.05, 3.63) is 80.9 Å². The van der Waals surface area contributed by atoms with Gasteiger partial charge in [0.1, 0.15) is 16.4 Å². The van der Waals surface area contributed by atoms with E-state index in [0.717, 1.165) is 16.9 Å². The van der Waals surface area contributed by atoms with Crippen LogP contribution in [0.5, 0.6) is 5.75 Å². The van der Waals surface area contributed by atoms with Gasteiger partial charge in [0, 0.05) is 5.56 Å². The molecule has 1 saturated heterocycles. The minimum absolute atomic E-state index is 0.0534. The van der Waals surface area contributed by atoms with E-state index in [-0.39, 0.29) is 33.4 Å². The standard InChI is InChI=1S/C30H32N2O6S/c1-8-38-28(36)26-17(3)31-29(39-26)32-23(18-9-11-19(12-10-18)30(4,5)6)22(25(34)27(32)35)24(33)21-14-13-20(37-7)15-16(21)2/h9-15,23,33H,8H2,1-7H3/t23-/m0/s1. The number of nitrogens with zero attached hydrogens (tertiary/aromatic N) is 2. The van der Waals surface area contributed by atoms with Gasteiger partial charge in [-0.05, 0) is 61.1 Å². The van der Waals surface area contributed by atoms with Crippen molar-refractivity contribution >= 4 is 39.9 Å². The Morgan fingerprint density at radius 1 is 1.10 bits per heavy atom. The summed E-state index contributed by atoms with van der Waals surface area (Å²) >= 11 is 0.981. The Balaban J connectivity index is 1.93. The van der Waals surface area contributed by atoms with E-state index in [1.807, 2.05) is 24.3 Å². The number of hydrogen-bond donors (Lipinski definition) is 1. The number of aromatic nitrogens is 1. The highest BCUT2D eigenvalue weighted by Gasteiger charge is 2.48. The first-order valence-electron chi connectivity index (χ1n) is 12.6. The van der Waals surface area contributed by atoms with Gasteiger partial charge in [0.25, 0.3) is 5.78 Å². The number of amides is 1. The lowest BCUT2D eigenvalue weighted by molar-refractivity contribution is -0.132. The lowest BCUT2D eigenvalue weighted by Gasteiger charge is -2.25. The second-order valence-corrected chi connectivity index (χ2v) is 11.3. The zero-order valence-corrected chi connectivity index (χ0v) is 23.9. The summed E-state index contributed by atoms with van der Waals surface area (Å²) in [6.45, 7) is 11.6. The van der Waals surface area contributed by atoms with Crippen LogP contribution in [0.1, 0.15) is 71.4 Å². The average Bonchev–Trinajstić information content (AvgIpc) is 3.40. The van der Waals surface area contributed by atoms with Crippen LogP contribution < -0.4 is 9.64 Å². The number of aliphatic hydroxyl groups is 1. The first kappa shape index (κ1) is 28.0. The molecule has 39 heavy (non-hydrogen) atoms. The SMILES string of the molecule is CCOC(=O)c1sc(N2C(=O)C(=O)C(=C(O)c3ccc(OC)cc3C)[C@@H]2c2ccc(C(C)(C)C)cc2)nc1C. The maximum atomic E-state index is 13.5. The molecule has 0 radical (unpaired) electrons. The molecular formula is C30H32N2O6S. The Morgan fingerprint density at radius 2 is 1.77 bits per heavy atom. The van der Waals surface area contributed by atoms with Crippen LogP contribution in [0.15, 0.2) is 48.0 Å². The molecule has 2 heterocycles. The van der Waals surface area contributed by atoms with Crippen molar-refractivity contribution in [1.82, 2.24) is 4.98 Å². The number of methoxy groups -OCH3 is 1. The largest absolute Gasteiger partial charge is 0.507 e. The lowest BCUT2D eigenvalue weighted by Crippen LogP contribution is -2.29. The Kier molecular flexibility index (Phi) is 7.66. The highest BCUT2D eigenvalue weighted by Crippen LogP contribution is 2.44. The number of hydrogen-bond acceptors (Lipinski definition) is 8. The molecule has 4 rings (SSSR count). The Bertz CT molecular complexity index is 1480. The van der Waals surface area contributed by atoms with E-state index in [4.69, 9.17) is 9.47 Å². The number of esters is 1. The molecule has 2 aromatic carbocycles. The predicted octanol–water partition coefficient (Wildman–Crippen LogP) is 5.87. The quantitative estimate of drug-likeness (QED) is 0.178. The van der Waals surface area contributed by atoms with Gasteiger partial charge in [-0.3, -0.25) is 14.5 Å². The zero-order valence-electron chi connectivity index (χ0n) is 23.1. The summed E-state index contributed by atoms with van der Waals surface area (Å²) in [5, 5.41) is 11.7. The molecule has 1 N–H and O–H groups in total. The topological polar surface area (TPSA) is 106 Å². The molecule has 0 spiro atoms. The molecule has 0 aliphatic carbocycles. The highest BCUT2D eigenvalue weighted by molar-refractivity contribution is 7.17. The van der Waals surface area contributed by atoms with E-state index in [0.29, 0.717) is 28.1 Å². The molecule has 1 aliphatic heterocycles. The van der Waals surface area contributed by atoms with Gasteiger partial charge in [-0.1, -0.05) is 56.4 Å². The molecule has 1 atom stereocenters. The van der Waals surface area contributed by atoms with Crippen molar-refractivity contribution in [3.8, 4) is 5.75 Å². The number of benzene rings is 2. The van der Waals surface area contributed by atoms with Gasteiger partial charge in [-0.25, -0.2) is 9.78 Å². The molecule has 204 valence electrons. The number of aryl methyl sites for hydroxylation is 2. The fraction of sp³-hybridized carbons (Fsp3) is 0.333. The fourth-order valence-corrected chi connectivity index (χ4v) is 5.54. The van der Waals surface area contributed by atoms with E-state index in [9.17, 15) is 19.5 Å². The number of rotatable bonds is 6. The zero-order chi connectivity index (χ0) is 28.6. The number of anilines is 1. The second-order valence-electron chi connectivity index (χ2n) is 10.4. The third-order valence-electron chi connectivity index (χ3n) is 6.68. The minimum Gasteiger partial charge on any atom is -0.507 e. The Hall–Kier alpha value is -3.98. The van der Waals surface area contributed by atoms with Crippen LogP contribution in [-0.2, 0) is 19.7 Å². The van der Waals surface area contributed by atoms with Crippen molar-refractivity contribution in [2.45, 2.75) is 53.0 Å². The Morgan fingerprint density at radius 3 is 2.33 bits per heavy atom. The van der Waals surface area contributed by atoms with Gasteiger partial charge >= 0.3 is 11.9 Å². The van der Waals surface area contributed by atoms with Crippen LogP contribution in [0.25, 0.3) is 5.76 Å². The Labute approximate surface area is 231 Å². The van der Waals surface area contributed by atoms with E-state index >= 15 is 0 Å². The summed E-state index contributed by atoms with van der Waals surface area (Å²) in [6.07, 6.45) is 0. The summed E-state index contributed by atoms with van der Waals surface area (Å²) in [5.41, 5.74) is 3.01. The molecular weight excluding hydrogens is 516 g/mol. The van der Waals surface area contributed by atoms with Crippen LogP contribution in [0, 0.1) is 13.8 Å². The smallest absolute Gasteiger partial charge is 0.350 e. The molecule has 3 aromatic rings. The van der Waals surface area contributed by atoms with Gasteiger partial charge in [0.05, 0.1) is 31.0 Å². The lowest BCUT2D eigenvalue weighted by atomic mass is 9.85. The van der Waals surface area contributed by atoms with Crippen molar-refractivity contribution in [1.29, 1.82) is 0 Å². The fourth-order valence-electron chi connectivity index (χ4n) is 4.56. The molecule has 8 nitrogen and oxygen atoms in total. The summed E-state index contributed by atoms with van der Waals surface area (Å²) in [6, 6.07) is 11.7. The van der Waals surface area contributed by atoms with Gasteiger partial charge in [-0.15, -0.1) is 0 Å². The molecule has 0 bridgehead atoms. The van der Waals surface area contributed by atoms with Crippen molar-refractivity contribution in [3.63, 3.8) is 0 Å². The summed E-state index contributed by atoms with van der Waals surface area (Å²) in [4.78, 5) is 45.5. The summed E-state index contributed by atoms with van der Waals surface area (Å²) < 4.78 is 10.4. The number of ketones is 1. The van der Waals surface area contributed by atoms with Crippen LogP contribution in [0.3, 0.4) is 0 Å². The minimum atomic E-state index is -0.957. The molecule has 0 saturated carbocycles. The molecule has 9 heteroatoms. The van der Waals surface area contributed by atoms with Gasteiger partial charge in [-0.2, -0.15) is 0 Å². The van der Waals surface area contributed by atoms with E-state index < -0.39 is 23.7 Å². The molecule has 1 fully saturated rings. The monoisotopic (exact) mass is 548 g/mol. The van der Waals surface area contributed by atoms with Gasteiger partial charge < -0.3 is 14.6 Å². The molecule has 1 aliphatic rings. The van der Waals surface area contributed by atoms with Crippen LogP contribution >= 0.6 is 11.3 Å². The highest BCUT2D eigenvalue weighted by atomic mass is 32.1. The van der Waals surface area contributed by atoms with Crippen LogP contribution in [0.4, 0.5) is 5.13 Å². The normalized spacial score (nSPS) is 17.0. The number of ether oxygens (including phenoxy) is 2. The molecule has 1 aromatic heterocycles. The average molecular weight is 549 g/mol. The second kappa shape index (κ2) is 10.6. The maximum Gasteiger partial charge on any atom is 0.350 e. The van der Waals surface area contributed by atoms with Crippen molar-refractivity contribution < 1.29 is 29.0 Å². The maximum absolute atomic E-state index is 13.5.